The van der Waals surface area contributed by atoms with Crippen LogP contribution in [0.4, 0.5) is 5.82 Å². The van der Waals surface area contributed by atoms with Crippen molar-refractivity contribution in [3.05, 3.63) is 60.4 Å². The maximum absolute atomic E-state index is 12.2. The van der Waals surface area contributed by atoms with Gasteiger partial charge in [0.2, 0.25) is 0 Å². The van der Waals surface area contributed by atoms with E-state index in [1.54, 1.807) is 18.3 Å². The Morgan fingerprint density at radius 1 is 1.11 bits per heavy atom. The highest BCUT2D eigenvalue weighted by Gasteiger charge is 2.10. The van der Waals surface area contributed by atoms with E-state index >= 15 is 0 Å². The molecule has 0 radical (unpaired) electrons. The molecular formula is C14H11N3O. The van der Waals surface area contributed by atoms with E-state index in [-0.39, 0.29) is 5.91 Å². The zero-order valence-electron chi connectivity index (χ0n) is 9.55. The van der Waals surface area contributed by atoms with Crippen LogP contribution in [-0.2, 0) is 0 Å². The highest BCUT2D eigenvalue weighted by atomic mass is 16.1. The first-order chi connectivity index (χ1) is 8.84. The summed E-state index contributed by atoms with van der Waals surface area (Å²) in [6.45, 7) is 0. The molecule has 18 heavy (non-hydrogen) atoms. The van der Waals surface area contributed by atoms with E-state index in [2.05, 4.69) is 15.3 Å². The van der Waals surface area contributed by atoms with E-state index in [4.69, 9.17) is 0 Å². The van der Waals surface area contributed by atoms with Crippen molar-refractivity contribution in [2.24, 2.45) is 0 Å². The number of aromatic nitrogens is 2. The van der Waals surface area contributed by atoms with Gasteiger partial charge in [0.15, 0.2) is 0 Å². The van der Waals surface area contributed by atoms with Gasteiger partial charge in [0.1, 0.15) is 5.82 Å². The van der Waals surface area contributed by atoms with Gasteiger partial charge in [-0.15, -0.1) is 0 Å². The summed E-state index contributed by atoms with van der Waals surface area (Å²) in [5.41, 5.74) is 1.59. The minimum absolute atomic E-state index is 0.154. The number of amides is 1. The molecule has 0 aliphatic heterocycles. The number of anilines is 1. The molecule has 0 aliphatic carbocycles. The molecule has 2 aromatic heterocycles. The van der Waals surface area contributed by atoms with Crippen molar-refractivity contribution in [2.75, 3.05) is 5.32 Å². The summed E-state index contributed by atoms with van der Waals surface area (Å²) in [4.78, 5) is 19.3. The number of nitrogens with one attached hydrogen (secondary N) is 2. The Balaban J connectivity index is 1.95. The summed E-state index contributed by atoms with van der Waals surface area (Å²) in [6, 6.07) is 12.9. The highest BCUT2D eigenvalue weighted by Crippen LogP contribution is 2.18. The Hall–Kier alpha value is -2.62. The zero-order valence-corrected chi connectivity index (χ0v) is 9.55. The molecule has 0 atom stereocenters. The van der Waals surface area contributed by atoms with Crippen molar-refractivity contribution >= 4 is 22.6 Å². The Morgan fingerprint density at radius 3 is 2.89 bits per heavy atom. The van der Waals surface area contributed by atoms with Crippen molar-refractivity contribution in [2.45, 2.75) is 0 Å². The molecule has 4 nitrogen and oxygen atoms in total. The second-order valence-corrected chi connectivity index (χ2v) is 3.91. The van der Waals surface area contributed by atoms with Gasteiger partial charge in [0.25, 0.3) is 5.91 Å². The van der Waals surface area contributed by atoms with E-state index in [0.29, 0.717) is 11.4 Å². The summed E-state index contributed by atoms with van der Waals surface area (Å²) in [5.74, 6) is 0.397. The molecular weight excluding hydrogens is 226 g/mol. The van der Waals surface area contributed by atoms with E-state index in [0.717, 1.165) is 10.9 Å². The fourth-order valence-electron chi connectivity index (χ4n) is 1.90. The quantitative estimate of drug-likeness (QED) is 0.720. The predicted molar refractivity (Wildman–Crippen MR) is 70.5 cm³/mol. The number of carbonyl (C=O) groups is 1. The Morgan fingerprint density at radius 2 is 2.06 bits per heavy atom. The van der Waals surface area contributed by atoms with E-state index in [1.807, 2.05) is 36.5 Å². The van der Waals surface area contributed by atoms with Crippen LogP contribution in [-0.4, -0.2) is 15.9 Å². The Kier molecular flexibility index (Phi) is 2.53. The normalized spacial score (nSPS) is 10.4. The summed E-state index contributed by atoms with van der Waals surface area (Å²) >= 11 is 0. The van der Waals surface area contributed by atoms with Crippen molar-refractivity contribution < 1.29 is 4.79 Å². The van der Waals surface area contributed by atoms with Crippen molar-refractivity contribution in [1.82, 2.24) is 9.97 Å². The number of hydrogen-bond acceptors (Lipinski definition) is 2. The maximum atomic E-state index is 12.2. The molecule has 0 spiro atoms. The minimum atomic E-state index is -0.154. The van der Waals surface area contributed by atoms with Crippen LogP contribution in [0, 0.1) is 0 Å². The minimum Gasteiger partial charge on any atom is -0.361 e. The zero-order chi connectivity index (χ0) is 12.4. The number of benzene rings is 1. The van der Waals surface area contributed by atoms with Crippen molar-refractivity contribution in [3.63, 3.8) is 0 Å². The second kappa shape index (κ2) is 4.33. The van der Waals surface area contributed by atoms with E-state index in [9.17, 15) is 4.79 Å². The molecule has 3 rings (SSSR count). The highest BCUT2D eigenvalue weighted by molar-refractivity contribution is 6.12. The second-order valence-electron chi connectivity index (χ2n) is 3.91. The van der Waals surface area contributed by atoms with Gasteiger partial charge >= 0.3 is 0 Å². The smallest absolute Gasteiger partial charge is 0.257 e. The third-order valence-electron chi connectivity index (χ3n) is 2.75. The van der Waals surface area contributed by atoms with Crippen LogP contribution in [0.15, 0.2) is 54.9 Å². The Labute approximate surface area is 104 Å². The van der Waals surface area contributed by atoms with Gasteiger partial charge in [0.05, 0.1) is 0 Å². The number of carbonyl (C=O) groups excluding carboxylic acids is 1. The van der Waals surface area contributed by atoms with E-state index in [1.165, 1.54) is 0 Å². The number of fused-ring (bicyclic) bond motifs is 1. The lowest BCUT2D eigenvalue weighted by Crippen LogP contribution is -2.12. The number of hydrogen-bond donors (Lipinski definition) is 2. The van der Waals surface area contributed by atoms with Crippen LogP contribution in [0.2, 0.25) is 0 Å². The van der Waals surface area contributed by atoms with Crippen LogP contribution >= 0.6 is 0 Å². The van der Waals surface area contributed by atoms with Gasteiger partial charge in [0, 0.05) is 28.9 Å². The molecule has 0 fully saturated rings. The topological polar surface area (TPSA) is 57.8 Å². The number of H-pyrrole nitrogens is 1. The third kappa shape index (κ3) is 1.84. The van der Waals surface area contributed by atoms with Crippen molar-refractivity contribution in [1.29, 1.82) is 0 Å². The molecule has 0 bridgehead atoms. The first-order valence-corrected chi connectivity index (χ1v) is 5.63. The molecule has 3 aromatic rings. The summed E-state index contributed by atoms with van der Waals surface area (Å²) in [7, 11) is 0. The third-order valence-corrected chi connectivity index (χ3v) is 2.75. The lowest BCUT2D eigenvalue weighted by atomic mass is 10.1. The number of rotatable bonds is 2. The summed E-state index contributed by atoms with van der Waals surface area (Å²) in [5, 5.41) is 3.68. The van der Waals surface area contributed by atoms with Gasteiger partial charge in [-0.2, -0.15) is 0 Å². The molecule has 0 saturated heterocycles. The van der Waals surface area contributed by atoms with Gasteiger partial charge in [-0.05, 0) is 30.3 Å². The molecule has 0 unspecified atom stereocenters. The summed E-state index contributed by atoms with van der Waals surface area (Å²) < 4.78 is 0. The van der Waals surface area contributed by atoms with E-state index < -0.39 is 0 Å². The van der Waals surface area contributed by atoms with Gasteiger partial charge in [-0.25, -0.2) is 4.98 Å². The predicted octanol–water partition coefficient (Wildman–Crippen LogP) is 2.82. The lowest BCUT2D eigenvalue weighted by Gasteiger charge is -2.05. The first kappa shape index (κ1) is 10.5. The van der Waals surface area contributed by atoms with Gasteiger partial charge in [-0.1, -0.05) is 12.1 Å². The monoisotopic (exact) mass is 237 g/mol. The average molecular weight is 237 g/mol. The first-order valence-electron chi connectivity index (χ1n) is 5.63. The van der Waals surface area contributed by atoms with Crippen LogP contribution in [0.5, 0.6) is 0 Å². The maximum Gasteiger partial charge on any atom is 0.257 e. The van der Waals surface area contributed by atoms with Crippen LogP contribution in [0.1, 0.15) is 10.4 Å². The molecule has 88 valence electrons. The SMILES string of the molecule is O=C(Nc1ccccn1)c1cccc2[nH]ccc12. The largest absolute Gasteiger partial charge is 0.361 e. The lowest BCUT2D eigenvalue weighted by molar-refractivity contribution is 0.102. The molecule has 0 aliphatic rings. The average Bonchev–Trinajstić information content (AvgIpc) is 2.87. The summed E-state index contributed by atoms with van der Waals surface area (Å²) in [6.07, 6.45) is 3.47. The Bertz CT molecular complexity index is 688. The molecule has 4 heteroatoms. The van der Waals surface area contributed by atoms with Crippen LogP contribution < -0.4 is 5.32 Å². The number of aromatic amines is 1. The standard InChI is InChI=1S/C14H11N3O/c18-14(17-13-6-1-2-8-16-13)11-4-3-5-12-10(11)7-9-15-12/h1-9,15H,(H,16,17,18). The molecule has 2 heterocycles. The molecule has 1 amide bonds. The molecule has 0 saturated carbocycles. The number of nitrogens with zero attached hydrogens (tertiary/aromatic N) is 1. The van der Waals surface area contributed by atoms with Crippen LogP contribution in [0.25, 0.3) is 10.9 Å². The van der Waals surface area contributed by atoms with Gasteiger partial charge in [-0.3, -0.25) is 4.79 Å². The molecule has 2 N–H and O–H groups in total. The van der Waals surface area contributed by atoms with Crippen molar-refractivity contribution in [3.8, 4) is 0 Å². The number of pyridine rings is 1. The van der Waals surface area contributed by atoms with Gasteiger partial charge < -0.3 is 10.3 Å². The molecule has 1 aromatic carbocycles. The van der Waals surface area contributed by atoms with Crippen LogP contribution in [0.3, 0.4) is 0 Å². The fourth-order valence-corrected chi connectivity index (χ4v) is 1.90. The fraction of sp³-hybridized carbons (Fsp3) is 0.